The number of anilines is 2. The predicted molar refractivity (Wildman–Crippen MR) is 354 cm³/mol. The summed E-state index contributed by atoms with van der Waals surface area (Å²) >= 11 is 0. The van der Waals surface area contributed by atoms with E-state index in [-0.39, 0.29) is 126 Å². The normalized spacial score (nSPS) is 16.2. The van der Waals surface area contributed by atoms with E-state index in [1.165, 1.54) is 12.1 Å². The predicted octanol–water partition coefficient (Wildman–Crippen LogP) is 5.37. The number of imide groups is 1. The molecule has 2 amide bonds. The Hall–Kier alpha value is -4.88. The number of ether oxygens (including phenoxy) is 12. The fourth-order valence-corrected chi connectivity index (χ4v) is 11.7. The Kier molecular flexibility index (Phi) is 38.4. The highest BCUT2D eigenvalue weighted by atomic mass is 32.2. The van der Waals surface area contributed by atoms with Gasteiger partial charge in [0.1, 0.15) is 5.75 Å². The van der Waals surface area contributed by atoms with Crippen LogP contribution in [0.5, 0.6) is 5.75 Å². The number of allylic oxidation sites excluding steroid dienone is 6. The van der Waals surface area contributed by atoms with Crippen molar-refractivity contribution < 1.29 is 115 Å². The highest BCUT2D eigenvalue weighted by Gasteiger charge is 2.44. The van der Waals surface area contributed by atoms with Crippen LogP contribution in [0.25, 0.3) is 5.57 Å². The molecule has 28 nitrogen and oxygen atoms in total. The van der Waals surface area contributed by atoms with Crippen molar-refractivity contribution in [3.63, 3.8) is 0 Å². The zero-order valence-corrected chi connectivity index (χ0v) is 58.1. The monoisotopic (exact) mass is 1410 g/mol. The molecule has 2 heterocycles. The van der Waals surface area contributed by atoms with E-state index >= 15 is 0 Å². The summed E-state index contributed by atoms with van der Waals surface area (Å²) < 4.78 is 168. The van der Waals surface area contributed by atoms with Crippen molar-refractivity contribution in [2.45, 2.75) is 83.0 Å². The number of nitrogens with zero attached hydrogens (tertiary/aromatic N) is 3. The number of hydrogen-bond acceptors (Lipinski definition) is 24. The van der Waals surface area contributed by atoms with Gasteiger partial charge in [-0.2, -0.15) is 25.3 Å². The molecule has 4 N–H and O–H groups in total. The molecule has 2 aliphatic heterocycles. The molecule has 1 unspecified atom stereocenters. The molecule has 0 aromatic heterocycles. The lowest BCUT2D eigenvalue weighted by molar-refractivity contribution is -0.142. The maximum Gasteiger partial charge on any atom is 0.294 e. The molecule has 2 aromatic carbocycles. The van der Waals surface area contributed by atoms with E-state index in [1.807, 2.05) is 67.9 Å². The van der Waals surface area contributed by atoms with Crippen LogP contribution in [-0.4, -0.2) is 263 Å². The first-order valence-corrected chi connectivity index (χ1v) is 36.6. The van der Waals surface area contributed by atoms with E-state index < -0.39 is 52.7 Å². The molecule has 2 aromatic rings. The molecule has 540 valence electrons. The molecule has 1 atom stereocenters. The molecule has 0 aliphatic carbocycles. The number of methoxy groups -OCH3 is 1. The van der Waals surface area contributed by atoms with E-state index in [1.54, 1.807) is 25.3 Å². The van der Waals surface area contributed by atoms with Crippen molar-refractivity contribution in [3.8, 4) is 5.75 Å². The second-order valence-electron chi connectivity index (χ2n) is 23.3. The van der Waals surface area contributed by atoms with Gasteiger partial charge in [0, 0.05) is 80.1 Å². The van der Waals surface area contributed by atoms with Gasteiger partial charge in [-0.25, -0.2) is 0 Å². The second-order valence-corrected chi connectivity index (χ2v) is 27.9. The lowest BCUT2D eigenvalue weighted by atomic mass is 9.77. The number of phenols is 1. The number of rotatable bonds is 55. The minimum absolute atomic E-state index is 0.0109. The molecule has 0 spiro atoms. The van der Waals surface area contributed by atoms with Crippen LogP contribution in [0.15, 0.2) is 71.3 Å². The maximum absolute atomic E-state index is 12.5. The molecule has 1 saturated heterocycles. The van der Waals surface area contributed by atoms with Gasteiger partial charge in [0.2, 0.25) is 11.8 Å². The number of carbonyl (C=O) groups excluding carboxylic acids is 3. The number of aromatic hydroxyl groups is 1. The average molecular weight is 1410 g/mol. The molecule has 0 bridgehead atoms. The third kappa shape index (κ3) is 33.0. The van der Waals surface area contributed by atoms with Crippen molar-refractivity contribution in [1.82, 2.24) is 4.90 Å². The zero-order chi connectivity index (χ0) is 69.6. The molecule has 95 heavy (non-hydrogen) atoms. The number of phenolic OH excluding ortho intramolecular Hbond substituents is 1. The molecule has 31 heteroatoms. The van der Waals surface area contributed by atoms with E-state index in [9.17, 15) is 58.4 Å². The van der Waals surface area contributed by atoms with Crippen molar-refractivity contribution in [2.24, 2.45) is 5.41 Å². The maximum atomic E-state index is 12.5. The first kappa shape index (κ1) is 82.5. The summed E-state index contributed by atoms with van der Waals surface area (Å²) in [5.74, 6) is -1.91. The Bertz CT molecular complexity index is 3050. The third-order valence-electron chi connectivity index (χ3n) is 15.0. The van der Waals surface area contributed by atoms with Gasteiger partial charge >= 0.3 is 0 Å². The largest absolute Gasteiger partial charge is 0.507 e. The van der Waals surface area contributed by atoms with Crippen LogP contribution >= 0.6 is 0 Å². The van der Waals surface area contributed by atoms with E-state index in [4.69, 9.17) is 56.8 Å². The molecule has 2 aliphatic rings. The van der Waals surface area contributed by atoms with E-state index in [0.717, 1.165) is 10.5 Å². The van der Waals surface area contributed by atoms with E-state index in [2.05, 4.69) is 0 Å². The van der Waals surface area contributed by atoms with Crippen LogP contribution in [0.3, 0.4) is 0 Å². The summed E-state index contributed by atoms with van der Waals surface area (Å²) in [4.78, 5) is 39.9. The first-order chi connectivity index (χ1) is 45.2. The van der Waals surface area contributed by atoms with Crippen LogP contribution in [0.4, 0.5) is 11.4 Å². The van der Waals surface area contributed by atoms with Gasteiger partial charge in [0.25, 0.3) is 30.4 Å². The Balaban J connectivity index is 1.30. The zero-order valence-electron chi connectivity index (χ0n) is 55.7. The van der Waals surface area contributed by atoms with Gasteiger partial charge in [-0.3, -0.25) is 32.9 Å². The van der Waals surface area contributed by atoms with Crippen molar-refractivity contribution in [3.05, 3.63) is 77.5 Å². The molecule has 1 fully saturated rings. The van der Waals surface area contributed by atoms with Gasteiger partial charge in [-0.1, -0.05) is 39.0 Å². The standard InChI is InChI=1S/C64H101N3O25S3/c1-63(2,3)56(55-15-13-52(49-59(55)69)65(21-10-48-94(75,76)77)22-25-83-30-33-87-38-41-91-44-43-89-36-35-85-28-27-81-5)11-7-6-8-12-60-64(4,20-9-47-93(72,73)74)57-50-54(95(78,79)80)14-16-58(57)66(60)23-26-84-31-34-88-39-42-92-46-45-90-40-37-86-32-29-82-24-19-53(68)51-67-61(70)17-18-62(67)71/h6,8,11-16,49-50,69H,7,9-10,17-48,51H2,1-5H3,(H,72,73,74)(H,75,76,77)(H,78,79,80)/b8-6+,56-11+,60-12+. The van der Waals surface area contributed by atoms with Crippen molar-refractivity contribution >= 4 is 64.9 Å². The van der Waals surface area contributed by atoms with Crippen LogP contribution in [0, 0.1) is 5.41 Å². The Labute approximate surface area is 560 Å². The summed E-state index contributed by atoms with van der Waals surface area (Å²) in [6.45, 7) is 16.3. The van der Waals surface area contributed by atoms with Crippen LogP contribution < -0.4 is 9.80 Å². The van der Waals surface area contributed by atoms with Gasteiger partial charge in [0.15, 0.2) is 5.78 Å². The van der Waals surface area contributed by atoms with Gasteiger partial charge < -0.3 is 71.7 Å². The Morgan fingerprint density at radius 2 is 1.07 bits per heavy atom. The van der Waals surface area contributed by atoms with Crippen LogP contribution in [-0.2, 0) is 107 Å². The number of ketones is 1. The average Bonchev–Trinajstić information content (AvgIpc) is 1.58. The number of carbonyl (C=O) groups is 3. The quantitative estimate of drug-likeness (QED) is 0.0367. The van der Waals surface area contributed by atoms with Crippen molar-refractivity contribution in [1.29, 1.82) is 0 Å². The molecule has 4 rings (SSSR count). The summed E-state index contributed by atoms with van der Waals surface area (Å²) in [6, 6.07) is 9.49. The second kappa shape index (κ2) is 44.2. The number of Topliss-reactive ketones (excluding diaryl/α,β-unsaturated/α-hetero) is 1. The number of fused-ring (bicyclic) bond motifs is 1. The minimum atomic E-state index is -4.65. The number of amides is 2. The van der Waals surface area contributed by atoms with Crippen LogP contribution in [0.1, 0.15) is 83.8 Å². The van der Waals surface area contributed by atoms with E-state index in [0.29, 0.717) is 153 Å². The molecule has 0 saturated carbocycles. The Morgan fingerprint density at radius 1 is 0.600 bits per heavy atom. The summed E-state index contributed by atoms with van der Waals surface area (Å²) in [5.41, 5.74) is 2.30. The molecule has 0 radical (unpaired) electrons. The third-order valence-corrected chi connectivity index (χ3v) is 17.4. The lowest BCUT2D eigenvalue weighted by Crippen LogP contribution is -2.34. The fraction of sp³-hybridized carbons (Fsp3) is 0.672. The fourth-order valence-electron chi connectivity index (χ4n) is 10.2. The summed E-state index contributed by atoms with van der Waals surface area (Å²) in [6.07, 6.45) is 8.62. The highest BCUT2D eigenvalue weighted by Crippen LogP contribution is 2.51. The lowest BCUT2D eigenvalue weighted by Gasteiger charge is -2.30. The topological polar surface area (TPSA) is 355 Å². The van der Waals surface area contributed by atoms with Crippen LogP contribution in [0.2, 0.25) is 0 Å². The number of benzene rings is 2. The molecular weight excluding hydrogens is 1310 g/mol. The summed E-state index contributed by atoms with van der Waals surface area (Å²) in [5, 5.41) is 11.7. The smallest absolute Gasteiger partial charge is 0.294 e. The first-order valence-electron chi connectivity index (χ1n) is 31.9. The SMILES string of the molecule is COCCOCCOCCOCCOCCOCCN(CCCS(=O)(=O)O)c1ccc(/C(=C\C/C=C/C=C2/N(CCOCCOCCOCCOCCOCCOCCC(=O)CN3C(=O)CCC3=O)c3ccc(S(=O)(=O)O)cc3C2(C)CCCS(=O)(=O)O)C(C)(C)C)c(O)c1. The van der Waals surface area contributed by atoms with Crippen molar-refractivity contribution in [2.75, 3.05) is 207 Å². The van der Waals surface area contributed by atoms with Gasteiger partial charge in [-0.15, -0.1) is 0 Å². The summed E-state index contributed by atoms with van der Waals surface area (Å²) in [7, 11) is -11.6. The number of hydrogen-bond donors (Lipinski definition) is 4. The van der Waals surface area contributed by atoms with Gasteiger partial charge in [-0.05, 0) is 85.6 Å². The minimum Gasteiger partial charge on any atom is -0.507 e. The van der Waals surface area contributed by atoms with Gasteiger partial charge in [0.05, 0.1) is 175 Å². The highest BCUT2D eigenvalue weighted by molar-refractivity contribution is 7.86. The number of likely N-dealkylation sites (tertiary alicyclic amines) is 1. The Morgan fingerprint density at radius 3 is 1.55 bits per heavy atom. The molecular formula is C64H101N3O25S3.